The molecule has 416 valence electrons. The lowest BCUT2D eigenvalue weighted by Gasteiger charge is -2.34. The zero-order valence-electron chi connectivity index (χ0n) is 41.8. The number of hydrogen-bond donors (Lipinski definition) is 3. The molecule has 0 unspecified atom stereocenters. The van der Waals surface area contributed by atoms with E-state index in [1.807, 2.05) is 4.57 Å². The SMILES string of the molecule is Cc1ccc(S(=O)(=O)N(CCCC(=O)O)C(=O)c2c3ccccc3[n+](CCCS(=O)(=O)N3CCN(C(=O)c4ccc(-c5c6ccc(=O)c(S(=O)(=O)[O-])c-6oc6c(S(=O)(=O)[O-])c(O)ccc56)c(C(=O)O)c4)CC3)c3ccccc23)cc1. The van der Waals surface area contributed by atoms with Crippen LogP contribution < -0.4 is 10.00 Å². The number of aromatic hydroxyl groups is 1. The number of carboxylic acid groups (broad SMARTS) is 2. The van der Waals surface area contributed by atoms with E-state index < -0.39 is 120 Å². The van der Waals surface area contributed by atoms with Crippen molar-refractivity contribution in [2.45, 2.75) is 47.4 Å². The van der Waals surface area contributed by atoms with Crippen LogP contribution in [-0.4, -0.2) is 134 Å². The van der Waals surface area contributed by atoms with Crippen LogP contribution in [0.5, 0.6) is 5.75 Å². The molecule has 0 radical (unpaired) electrons. The van der Waals surface area contributed by atoms with Crippen molar-refractivity contribution in [1.82, 2.24) is 13.5 Å². The van der Waals surface area contributed by atoms with E-state index in [4.69, 9.17) is 4.42 Å². The molecular weight excluding hydrogens is 1120 g/mol. The zero-order chi connectivity index (χ0) is 57.8. The van der Waals surface area contributed by atoms with E-state index in [1.54, 1.807) is 67.6 Å². The highest BCUT2D eigenvalue weighted by atomic mass is 32.2. The Morgan fingerprint density at radius 2 is 1.30 bits per heavy atom. The normalized spacial score (nSPS) is 13.8. The van der Waals surface area contributed by atoms with Gasteiger partial charge in [0, 0.05) is 79.8 Å². The van der Waals surface area contributed by atoms with E-state index in [9.17, 15) is 82.1 Å². The molecule has 27 heteroatoms. The molecule has 2 amide bonds. The van der Waals surface area contributed by atoms with E-state index in [-0.39, 0.29) is 83.9 Å². The standard InChI is InChI=1S/C53H46N4O19S4/c1-31-13-16-33(17-14-31)78(68,69)57(24-6-12-44(60)61)52(63)46-35-8-2-4-10-40(35)56(41-11-5-3-9-36(41)46)23-7-29-77(66,67)55-27-25-54(26-28-55)51(62)32-15-18-34(39(30-32)53(64)65)45-37-19-21-42(58)49(79(70,71)72)47(37)76-48-38(45)20-22-43(59)50(48)80(73,74)75/h2-5,8-11,13-22,30H,6-7,12,23-29H2,1H3,(H4-,58,59,60,61,64,65,70,71,72,73,74,75)/p-1. The number of phenolic OH excluding ortho intramolecular Hbond substituents is 1. The molecule has 9 rings (SSSR count). The fourth-order valence-corrected chi connectivity index (χ4v) is 14.2. The Bertz CT molecular complexity index is 4350. The van der Waals surface area contributed by atoms with Gasteiger partial charge in [-0.1, -0.05) is 48.0 Å². The minimum atomic E-state index is -5.70. The smallest absolute Gasteiger partial charge is 0.336 e. The number of nitrogens with zero attached hydrogens (tertiary/aromatic N) is 4. The molecule has 6 aromatic rings. The molecule has 0 saturated carbocycles. The number of aliphatic carboxylic acids is 1. The van der Waals surface area contributed by atoms with Gasteiger partial charge in [-0.15, -0.1) is 0 Å². The number of carboxylic acids is 2. The number of sulfonamides is 2. The van der Waals surface area contributed by atoms with Gasteiger partial charge in [0.1, 0.15) is 35.8 Å². The number of hydrogen-bond acceptors (Lipinski definition) is 17. The molecule has 80 heavy (non-hydrogen) atoms. The zero-order valence-corrected chi connectivity index (χ0v) is 45.1. The van der Waals surface area contributed by atoms with Crippen LogP contribution in [0.2, 0.25) is 0 Å². The molecule has 3 aliphatic rings. The van der Waals surface area contributed by atoms with Gasteiger partial charge < -0.3 is 33.7 Å². The molecule has 1 saturated heterocycles. The molecule has 0 spiro atoms. The summed E-state index contributed by atoms with van der Waals surface area (Å²) in [6.07, 6.45) is -0.529. The first-order valence-electron chi connectivity index (χ1n) is 24.2. The first kappa shape index (κ1) is 56.5. The van der Waals surface area contributed by atoms with Crippen LogP contribution in [0.3, 0.4) is 0 Å². The topological polar surface area (TPSA) is 355 Å². The van der Waals surface area contributed by atoms with E-state index in [2.05, 4.69) is 0 Å². The van der Waals surface area contributed by atoms with Gasteiger partial charge in [0.05, 0.1) is 32.5 Å². The van der Waals surface area contributed by atoms with Gasteiger partial charge >= 0.3 is 11.9 Å². The number of phenols is 1. The third-order valence-corrected chi connectivity index (χ3v) is 19.1. The van der Waals surface area contributed by atoms with Crippen LogP contribution in [0.15, 0.2) is 139 Å². The van der Waals surface area contributed by atoms with Crippen LogP contribution in [0, 0.1) is 6.92 Å². The van der Waals surface area contributed by atoms with E-state index in [0.29, 0.717) is 32.2 Å². The molecule has 1 fully saturated rings. The summed E-state index contributed by atoms with van der Waals surface area (Å²) >= 11 is 0. The fourth-order valence-electron chi connectivity index (χ4n) is 9.92. The van der Waals surface area contributed by atoms with Crippen molar-refractivity contribution in [2.24, 2.45) is 0 Å². The molecule has 5 aromatic carbocycles. The molecular formula is C53H45N4O19S4-. The third-order valence-electron chi connectivity index (χ3n) is 13.6. The minimum absolute atomic E-state index is 0.0368. The first-order chi connectivity index (χ1) is 37.7. The maximum absolute atomic E-state index is 14.8. The number of aromatic nitrogens is 1. The Morgan fingerprint density at radius 3 is 1.89 bits per heavy atom. The summed E-state index contributed by atoms with van der Waals surface area (Å²) in [7, 11) is -19.9. The van der Waals surface area contributed by atoms with Crippen molar-refractivity contribution < 1.29 is 86.3 Å². The highest BCUT2D eigenvalue weighted by Crippen LogP contribution is 2.46. The average Bonchev–Trinajstić information content (AvgIpc) is 3.46. The average molecular weight is 1170 g/mol. The monoisotopic (exact) mass is 1170 g/mol. The van der Waals surface area contributed by atoms with Crippen LogP contribution in [0.4, 0.5) is 0 Å². The third kappa shape index (κ3) is 10.7. The highest BCUT2D eigenvalue weighted by Gasteiger charge is 2.36. The van der Waals surface area contributed by atoms with Crippen molar-refractivity contribution in [3.8, 4) is 28.2 Å². The van der Waals surface area contributed by atoms with Crippen molar-refractivity contribution in [3.05, 3.63) is 148 Å². The molecule has 1 aliphatic carbocycles. The molecule has 3 heterocycles. The lowest BCUT2D eigenvalue weighted by Crippen LogP contribution is -2.51. The Kier molecular flexibility index (Phi) is 15.2. The molecule has 0 atom stereocenters. The number of piperazine rings is 1. The van der Waals surface area contributed by atoms with Gasteiger partial charge in [-0.3, -0.25) is 19.2 Å². The Balaban J connectivity index is 0.958. The van der Waals surface area contributed by atoms with Gasteiger partial charge in [-0.05, 0) is 79.6 Å². The quantitative estimate of drug-likeness (QED) is 0.0639. The predicted molar refractivity (Wildman–Crippen MR) is 283 cm³/mol. The van der Waals surface area contributed by atoms with Crippen molar-refractivity contribution in [1.29, 1.82) is 0 Å². The lowest BCUT2D eigenvalue weighted by atomic mass is 9.89. The lowest BCUT2D eigenvalue weighted by molar-refractivity contribution is -0.645. The Labute approximate surface area is 456 Å². The number of rotatable bonds is 17. The maximum atomic E-state index is 14.8. The molecule has 23 nitrogen and oxygen atoms in total. The van der Waals surface area contributed by atoms with Crippen molar-refractivity contribution in [3.63, 3.8) is 0 Å². The van der Waals surface area contributed by atoms with E-state index >= 15 is 0 Å². The van der Waals surface area contributed by atoms with E-state index in [0.717, 1.165) is 35.9 Å². The molecule has 3 N–H and O–H groups in total. The van der Waals surface area contributed by atoms with Crippen molar-refractivity contribution >= 4 is 96.8 Å². The number of aromatic carboxylic acids is 1. The number of carbonyl (C=O) groups is 4. The Hall–Kier alpha value is -8.18. The van der Waals surface area contributed by atoms with Gasteiger partial charge in [0.15, 0.2) is 23.3 Å². The molecule has 0 bridgehead atoms. The fraction of sp³-hybridized carbons (Fsp3) is 0.208. The highest BCUT2D eigenvalue weighted by molar-refractivity contribution is 7.89. The van der Waals surface area contributed by atoms with Gasteiger partial charge in [-0.2, -0.15) is 8.87 Å². The predicted octanol–water partition coefficient (Wildman–Crippen LogP) is 4.55. The summed E-state index contributed by atoms with van der Waals surface area (Å²) in [6, 6.07) is 26.0. The summed E-state index contributed by atoms with van der Waals surface area (Å²) in [4.78, 5) is 64.3. The second-order valence-corrected chi connectivity index (χ2v) is 25.2. The number of carbonyl (C=O) groups excluding carboxylic acids is 2. The van der Waals surface area contributed by atoms with Gasteiger partial charge in [-0.25, -0.2) is 42.8 Å². The van der Waals surface area contributed by atoms with Gasteiger partial charge in [0.25, 0.3) is 21.8 Å². The molecule has 2 aliphatic heterocycles. The summed E-state index contributed by atoms with van der Waals surface area (Å²) in [5.74, 6) is -7.06. The van der Waals surface area contributed by atoms with Crippen LogP contribution >= 0.6 is 0 Å². The van der Waals surface area contributed by atoms with Crippen LogP contribution in [-0.2, 0) is 51.6 Å². The number of fused-ring (bicyclic) bond motifs is 4. The summed E-state index contributed by atoms with van der Waals surface area (Å²) in [5, 5.41) is 30.7. The second kappa shape index (κ2) is 21.5. The second-order valence-electron chi connectivity index (χ2n) is 18.6. The summed E-state index contributed by atoms with van der Waals surface area (Å²) in [5.41, 5.74) is -2.62. The van der Waals surface area contributed by atoms with Crippen molar-refractivity contribution in [2.75, 3.05) is 38.5 Å². The van der Waals surface area contributed by atoms with Gasteiger partial charge in [0.2, 0.25) is 21.1 Å². The summed E-state index contributed by atoms with van der Waals surface area (Å²) in [6.45, 7) is 0.799. The maximum Gasteiger partial charge on any atom is 0.336 e. The first-order valence-corrected chi connectivity index (χ1v) is 30.1. The molecule has 1 aromatic heterocycles. The number of pyridine rings is 1. The summed E-state index contributed by atoms with van der Waals surface area (Å²) < 4.78 is 140. The number of para-hydroxylation sites is 2. The van der Waals surface area contributed by atoms with E-state index in [1.165, 1.54) is 27.4 Å². The number of amides is 2. The number of benzene rings is 6. The Morgan fingerprint density at radius 1 is 0.700 bits per heavy atom. The van der Waals surface area contributed by atoms with Crippen LogP contribution in [0.25, 0.3) is 55.2 Å². The van der Waals surface area contributed by atoms with Crippen LogP contribution in [0.1, 0.15) is 55.9 Å². The number of aryl methyl sites for hydroxylation is 2. The minimum Gasteiger partial charge on any atom is -0.744 e. The largest absolute Gasteiger partial charge is 0.744 e.